The lowest BCUT2D eigenvalue weighted by molar-refractivity contribution is -0.137. The van der Waals surface area contributed by atoms with Crippen molar-refractivity contribution < 1.29 is 18.0 Å². The number of carbonyl (C=O) groups is 1. The number of carbonyl (C=O) groups excluding carboxylic acids is 1. The molecule has 1 N–H and O–H groups in total. The number of nitrogens with one attached hydrogen (secondary N) is 1. The number of H-pyrrole nitrogens is 1. The molecule has 0 atom stereocenters. The van der Waals surface area contributed by atoms with E-state index in [1.165, 1.54) is 12.1 Å². The molecule has 0 saturated heterocycles. The van der Waals surface area contributed by atoms with Gasteiger partial charge in [0.25, 0.3) is 0 Å². The van der Waals surface area contributed by atoms with Gasteiger partial charge in [-0.05, 0) is 49.7 Å². The standard InChI is InChI=1S/C22H21F3N4OS/c1-14-2-6-16(7-3-14)20-26-27-21(31)29(20)13-19(30)28(18-10-11-18)12-15-4-8-17(9-5-15)22(23,24)25/h2-9,18H,10-13H2,1H3,(H,27,31). The molecule has 1 aliphatic rings. The zero-order valence-electron chi connectivity index (χ0n) is 16.8. The molecule has 3 aromatic rings. The van der Waals surface area contributed by atoms with Crippen molar-refractivity contribution in [1.82, 2.24) is 19.7 Å². The van der Waals surface area contributed by atoms with Gasteiger partial charge in [0.15, 0.2) is 10.6 Å². The van der Waals surface area contributed by atoms with Gasteiger partial charge < -0.3 is 4.90 Å². The van der Waals surface area contributed by atoms with E-state index in [2.05, 4.69) is 10.2 Å². The fraction of sp³-hybridized carbons (Fsp3) is 0.318. The van der Waals surface area contributed by atoms with E-state index in [0.29, 0.717) is 16.2 Å². The third-order valence-corrected chi connectivity index (χ3v) is 5.62. The number of rotatable bonds is 6. The number of amides is 1. The molecule has 1 aromatic heterocycles. The van der Waals surface area contributed by atoms with Crippen LogP contribution in [0.15, 0.2) is 48.5 Å². The Morgan fingerprint density at radius 1 is 1.16 bits per heavy atom. The molecule has 0 unspecified atom stereocenters. The summed E-state index contributed by atoms with van der Waals surface area (Å²) in [6.07, 6.45) is -2.61. The molecule has 1 amide bonds. The molecule has 0 bridgehead atoms. The largest absolute Gasteiger partial charge is 0.416 e. The highest BCUT2D eigenvalue weighted by atomic mass is 32.1. The zero-order chi connectivity index (χ0) is 22.2. The Morgan fingerprint density at radius 3 is 2.39 bits per heavy atom. The van der Waals surface area contributed by atoms with Crippen molar-refractivity contribution in [3.8, 4) is 11.4 Å². The summed E-state index contributed by atoms with van der Waals surface area (Å²) in [6.45, 7) is 2.25. The minimum Gasteiger partial charge on any atom is -0.334 e. The van der Waals surface area contributed by atoms with Crippen molar-refractivity contribution in [1.29, 1.82) is 0 Å². The SMILES string of the molecule is Cc1ccc(-c2n[nH]c(=S)n2CC(=O)N(Cc2ccc(C(F)(F)F)cc2)C2CC2)cc1. The molecule has 0 spiro atoms. The number of hydrogen-bond acceptors (Lipinski definition) is 3. The van der Waals surface area contributed by atoms with E-state index in [1.54, 1.807) is 9.47 Å². The maximum absolute atomic E-state index is 13.1. The molecular formula is C22H21F3N4OS. The van der Waals surface area contributed by atoms with Crippen molar-refractivity contribution in [3.05, 3.63) is 70.0 Å². The van der Waals surface area contributed by atoms with Crippen LogP contribution < -0.4 is 0 Å². The van der Waals surface area contributed by atoms with Gasteiger partial charge in [-0.3, -0.25) is 14.5 Å². The maximum Gasteiger partial charge on any atom is 0.416 e. The molecule has 2 aromatic carbocycles. The predicted molar refractivity (Wildman–Crippen MR) is 113 cm³/mol. The molecular weight excluding hydrogens is 425 g/mol. The summed E-state index contributed by atoms with van der Waals surface area (Å²) in [4.78, 5) is 14.9. The van der Waals surface area contributed by atoms with Gasteiger partial charge in [-0.15, -0.1) is 0 Å². The Morgan fingerprint density at radius 2 is 1.81 bits per heavy atom. The number of hydrogen-bond donors (Lipinski definition) is 1. The minimum absolute atomic E-state index is 0.00960. The molecule has 0 radical (unpaired) electrons. The summed E-state index contributed by atoms with van der Waals surface area (Å²) in [6, 6.07) is 12.8. The Balaban J connectivity index is 1.53. The Kier molecular flexibility index (Phi) is 5.70. The lowest BCUT2D eigenvalue weighted by Crippen LogP contribution is -2.35. The van der Waals surface area contributed by atoms with E-state index < -0.39 is 11.7 Å². The molecule has 4 rings (SSSR count). The molecule has 1 heterocycles. The topological polar surface area (TPSA) is 53.9 Å². The number of nitrogens with zero attached hydrogens (tertiary/aromatic N) is 3. The van der Waals surface area contributed by atoms with E-state index >= 15 is 0 Å². The van der Waals surface area contributed by atoms with Crippen molar-refractivity contribution in [2.75, 3.05) is 0 Å². The Bertz CT molecular complexity index is 1130. The summed E-state index contributed by atoms with van der Waals surface area (Å²) < 4.78 is 40.4. The van der Waals surface area contributed by atoms with Crippen LogP contribution in [0.3, 0.4) is 0 Å². The first-order chi connectivity index (χ1) is 14.7. The molecule has 1 fully saturated rings. The summed E-state index contributed by atoms with van der Waals surface area (Å²) in [5.74, 6) is 0.428. The van der Waals surface area contributed by atoms with Gasteiger partial charge in [0.1, 0.15) is 6.54 Å². The van der Waals surface area contributed by atoms with Crippen molar-refractivity contribution in [2.24, 2.45) is 0 Å². The molecule has 9 heteroatoms. The first kappa shape index (κ1) is 21.3. The first-order valence-electron chi connectivity index (χ1n) is 9.90. The van der Waals surface area contributed by atoms with Crippen LogP contribution in [0.2, 0.25) is 0 Å². The number of benzene rings is 2. The third kappa shape index (κ3) is 4.87. The lowest BCUT2D eigenvalue weighted by Gasteiger charge is -2.23. The number of aromatic nitrogens is 3. The summed E-state index contributed by atoms with van der Waals surface area (Å²) in [5.41, 5.74) is 1.90. The molecule has 1 saturated carbocycles. The normalized spacial score (nSPS) is 13.9. The second-order valence-electron chi connectivity index (χ2n) is 7.75. The van der Waals surface area contributed by atoms with Gasteiger partial charge in [0.2, 0.25) is 5.91 Å². The zero-order valence-corrected chi connectivity index (χ0v) is 17.6. The first-order valence-corrected chi connectivity index (χ1v) is 10.3. The molecule has 1 aliphatic carbocycles. The number of halogens is 3. The highest BCUT2D eigenvalue weighted by molar-refractivity contribution is 7.71. The van der Waals surface area contributed by atoms with E-state index in [4.69, 9.17) is 12.2 Å². The second-order valence-corrected chi connectivity index (χ2v) is 8.14. The van der Waals surface area contributed by atoms with Crippen molar-refractivity contribution >= 4 is 18.1 Å². The fourth-order valence-electron chi connectivity index (χ4n) is 3.42. The van der Waals surface area contributed by atoms with Crippen LogP contribution in [0.4, 0.5) is 13.2 Å². The van der Waals surface area contributed by atoms with E-state index in [9.17, 15) is 18.0 Å². The molecule has 0 aliphatic heterocycles. The van der Waals surface area contributed by atoms with Crippen LogP contribution in [-0.4, -0.2) is 31.6 Å². The van der Waals surface area contributed by atoms with E-state index in [-0.39, 0.29) is 25.0 Å². The van der Waals surface area contributed by atoms with Crippen LogP contribution in [0.1, 0.15) is 29.5 Å². The van der Waals surface area contributed by atoms with Gasteiger partial charge in [-0.2, -0.15) is 18.3 Å². The Hall–Kier alpha value is -2.94. The second kappa shape index (κ2) is 8.30. The summed E-state index contributed by atoms with van der Waals surface area (Å²) >= 11 is 5.33. The monoisotopic (exact) mass is 446 g/mol. The van der Waals surface area contributed by atoms with E-state index in [1.807, 2.05) is 31.2 Å². The van der Waals surface area contributed by atoms with Crippen LogP contribution in [0.25, 0.3) is 11.4 Å². The van der Waals surface area contributed by atoms with Gasteiger partial charge >= 0.3 is 6.18 Å². The van der Waals surface area contributed by atoms with Crippen LogP contribution in [-0.2, 0) is 24.1 Å². The van der Waals surface area contributed by atoms with Gasteiger partial charge in [-0.1, -0.05) is 42.0 Å². The lowest BCUT2D eigenvalue weighted by atomic mass is 10.1. The number of aryl methyl sites for hydroxylation is 1. The quantitative estimate of drug-likeness (QED) is 0.535. The molecule has 31 heavy (non-hydrogen) atoms. The van der Waals surface area contributed by atoms with Gasteiger partial charge in [-0.25, -0.2) is 0 Å². The highest BCUT2D eigenvalue weighted by Crippen LogP contribution is 2.31. The number of alkyl halides is 3. The van der Waals surface area contributed by atoms with E-state index in [0.717, 1.165) is 36.1 Å². The predicted octanol–water partition coefficient (Wildman–Crippen LogP) is 5.13. The average molecular weight is 446 g/mol. The number of aromatic amines is 1. The van der Waals surface area contributed by atoms with Crippen LogP contribution in [0, 0.1) is 11.7 Å². The van der Waals surface area contributed by atoms with Crippen LogP contribution >= 0.6 is 12.2 Å². The van der Waals surface area contributed by atoms with Crippen molar-refractivity contribution in [2.45, 2.75) is 45.1 Å². The molecule has 162 valence electrons. The molecule has 5 nitrogen and oxygen atoms in total. The van der Waals surface area contributed by atoms with Gasteiger partial charge in [0, 0.05) is 18.2 Å². The smallest absolute Gasteiger partial charge is 0.334 e. The van der Waals surface area contributed by atoms with Crippen molar-refractivity contribution in [3.63, 3.8) is 0 Å². The fourth-order valence-corrected chi connectivity index (χ4v) is 3.61. The summed E-state index contributed by atoms with van der Waals surface area (Å²) in [5, 5.41) is 7.02. The Labute approximate surface area is 182 Å². The summed E-state index contributed by atoms with van der Waals surface area (Å²) in [7, 11) is 0. The van der Waals surface area contributed by atoms with Crippen LogP contribution in [0.5, 0.6) is 0 Å². The van der Waals surface area contributed by atoms with Gasteiger partial charge in [0.05, 0.1) is 5.56 Å². The maximum atomic E-state index is 13.1. The average Bonchev–Trinajstić information content (AvgIpc) is 3.51. The minimum atomic E-state index is -4.38. The third-order valence-electron chi connectivity index (χ3n) is 5.30. The highest BCUT2D eigenvalue weighted by Gasteiger charge is 2.34.